The zero-order valence-corrected chi connectivity index (χ0v) is 18.0. The Labute approximate surface area is 185 Å². The van der Waals surface area contributed by atoms with Crippen molar-refractivity contribution in [1.82, 2.24) is 10.2 Å². The largest absolute Gasteiger partial charge is 0.483 e. The first-order valence-corrected chi connectivity index (χ1v) is 10.2. The second kappa shape index (κ2) is 10.4. The van der Waals surface area contributed by atoms with Gasteiger partial charge in [-0.25, -0.2) is 0 Å². The van der Waals surface area contributed by atoms with Crippen molar-refractivity contribution >= 4 is 46.4 Å². The van der Waals surface area contributed by atoms with Crippen molar-refractivity contribution in [1.29, 1.82) is 0 Å². The Balaban J connectivity index is 1.51. The molecule has 30 heavy (non-hydrogen) atoms. The van der Waals surface area contributed by atoms with Crippen molar-refractivity contribution in [3.8, 4) is 5.75 Å². The van der Waals surface area contributed by atoms with Crippen LogP contribution in [-0.4, -0.2) is 54.7 Å². The number of ether oxygens (including phenoxy) is 2. The van der Waals surface area contributed by atoms with Crippen LogP contribution in [-0.2, 0) is 9.53 Å². The van der Waals surface area contributed by atoms with Gasteiger partial charge in [0.2, 0.25) is 0 Å². The van der Waals surface area contributed by atoms with E-state index in [4.69, 9.17) is 33.3 Å². The smallest absolute Gasteiger partial charge is 0.264 e. The van der Waals surface area contributed by atoms with Gasteiger partial charge in [0, 0.05) is 29.4 Å². The van der Waals surface area contributed by atoms with E-state index in [0.717, 1.165) is 5.56 Å². The molecule has 1 saturated heterocycles. The van der Waals surface area contributed by atoms with E-state index in [2.05, 4.69) is 10.6 Å². The van der Waals surface area contributed by atoms with E-state index in [1.165, 1.54) is 0 Å². The second-order valence-electron chi connectivity index (χ2n) is 6.69. The number of thiocarbonyl (C=S) groups is 1. The van der Waals surface area contributed by atoms with Crippen LogP contribution in [0, 0.1) is 6.92 Å². The summed E-state index contributed by atoms with van der Waals surface area (Å²) in [5.74, 6) is 0.105. The number of amides is 2. The van der Waals surface area contributed by atoms with E-state index in [9.17, 15) is 9.59 Å². The Morgan fingerprint density at radius 3 is 2.70 bits per heavy atom. The van der Waals surface area contributed by atoms with E-state index < -0.39 is 5.91 Å². The molecule has 2 aromatic carbocycles. The van der Waals surface area contributed by atoms with E-state index in [1.54, 1.807) is 47.4 Å². The summed E-state index contributed by atoms with van der Waals surface area (Å²) in [7, 11) is 0. The average Bonchev–Trinajstić information content (AvgIpc) is 2.73. The Kier molecular flexibility index (Phi) is 7.62. The molecule has 0 unspecified atom stereocenters. The quantitative estimate of drug-likeness (QED) is 0.686. The van der Waals surface area contributed by atoms with Crippen molar-refractivity contribution in [2.75, 3.05) is 38.2 Å². The van der Waals surface area contributed by atoms with Crippen LogP contribution in [0.25, 0.3) is 0 Å². The third kappa shape index (κ3) is 6.16. The Bertz CT molecular complexity index is 948. The van der Waals surface area contributed by atoms with Gasteiger partial charge in [-0.3, -0.25) is 14.9 Å². The third-order valence-corrected chi connectivity index (χ3v) is 4.85. The van der Waals surface area contributed by atoms with Crippen LogP contribution in [0.5, 0.6) is 5.75 Å². The monoisotopic (exact) mass is 447 g/mol. The number of anilines is 1. The van der Waals surface area contributed by atoms with E-state index in [-0.39, 0.29) is 17.6 Å². The average molecular weight is 448 g/mol. The van der Waals surface area contributed by atoms with Gasteiger partial charge in [0.1, 0.15) is 5.75 Å². The number of aryl methyl sites for hydroxylation is 1. The number of hydrogen-bond donors (Lipinski definition) is 2. The van der Waals surface area contributed by atoms with Crippen LogP contribution in [0.15, 0.2) is 42.5 Å². The van der Waals surface area contributed by atoms with Crippen LogP contribution in [0.2, 0.25) is 5.02 Å². The second-order valence-corrected chi connectivity index (χ2v) is 7.53. The highest BCUT2D eigenvalue weighted by atomic mass is 35.5. The number of benzene rings is 2. The molecule has 2 N–H and O–H groups in total. The van der Waals surface area contributed by atoms with Gasteiger partial charge in [0.15, 0.2) is 11.7 Å². The first kappa shape index (κ1) is 22.0. The summed E-state index contributed by atoms with van der Waals surface area (Å²) in [6, 6.07) is 12.1. The Morgan fingerprint density at radius 2 is 1.97 bits per heavy atom. The molecular weight excluding hydrogens is 426 g/mol. The highest BCUT2D eigenvalue weighted by molar-refractivity contribution is 7.80. The molecule has 0 bridgehead atoms. The predicted molar refractivity (Wildman–Crippen MR) is 119 cm³/mol. The first-order valence-electron chi connectivity index (χ1n) is 9.39. The molecule has 2 aromatic rings. The highest BCUT2D eigenvalue weighted by Gasteiger charge is 2.18. The van der Waals surface area contributed by atoms with Crippen molar-refractivity contribution in [3.05, 3.63) is 58.6 Å². The van der Waals surface area contributed by atoms with E-state index in [1.807, 2.05) is 6.92 Å². The molecule has 158 valence electrons. The molecule has 9 heteroatoms. The molecule has 1 heterocycles. The van der Waals surface area contributed by atoms with Crippen molar-refractivity contribution in [2.24, 2.45) is 0 Å². The van der Waals surface area contributed by atoms with Crippen LogP contribution in [0.1, 0.15) is 15.9 Å². The molecule has 0 saturated carbocycles. The Morgan fingerprint density at radius 1 is 1.20 bits per heavy atom. The summed E-state index contributed by atoms with van der Waals surface area (Å²) in [6.45, 7) is 3.86. The van der Waals surface area contributed by atoms with Crippen LogP contribution in [0.3, 0.4) is 0 Å². The summed E-state index contributed by atoms with van der Waals surface area (Å²) in [5.41, 5.74) is 1.98. The third-order valence-electron chi connectivity index (χ3n) is 4.41. The molecule has 1 aliphatic rings. The summed E-state index contributed by atoms with van der Waals surface area (Å²) in [6.07, 6.45) is 0. The number of halogens is 1. The number of hydrogen-bond acceptors (Lipinski definition) is 5. The maximum atomic E-state index is 12.6. The molecule has 2 amide bonds. The number of nitrogens with zero attached hydrogens (tertiary/aromatic N) is 1. The van der Waals surface area contributed by atoms with Crippen LogP contribution in [0.4, 0.5) is 5.69 Å². The molecule has 0 radical (unpaired) electrons. The minimum Gasteiger partial charge on any atom is -0.483 e. The fourth-order valence-corrected chi connectivity index (χ4v) is 3.38. The maximum Gasteiger partial charge on any atom is 0.264 e. The summed E-state index contributed by atoms with van der Waals surface area (Å²) in [5, 5.41) is 6.20. The summed E-state index contributed by atoms with van der Waals surface area (Å²) in [4.78, 5) is 26.5. The normalized spacial score (nSPS) is 13.5. The van der Waals surface area contributed by atoms with Gasteiger partial charge in [-0.2, -0.15) is 0 Å². The lowest BCUT2D eigenvalue weighted by atomic mass is 10.1. The van der Waals surface area contributed by atoms with Gasteiger partial charge in [0.25, 0.3) is 11.8 Å². The highest BCUT2D eigenvalue weighted by Crippen LogP contribution is 2.21. The number of carbonyl (C=O) groups excluding carboxylic acids is 2. The van der Waals surface area contributed by atoms with Gasteiger partial charge in [-0.1, -0.05) is 17.7 Å². The number of rotatable bonds is 5. The number of nitrogens with one attached hydrogen (secondary N) is 2. The Hall–Kier alpha value is -2.68. The zero-order valence-electron chi connectivity index (χ0n) is 16.4. The summed E-state index contributed by atoms with van der Waals surface area (Å²) >= 11 is 11.1. The molecule has 1 fully saturated rings. The lowest BCUT2D eigenvalue weighted by molar-refractivity contribution is -0.121. The maximum absolute atomic E-state index is 12.6. The van der Waals surface area contributed by atoms with Gasteiger partial charge in [-0.05, 0) is 61.1 Å². The van der Waals surface area contributed by atoms with Crippen molar-refractivity contribution in [3.63, 3.8) is 0 Å². The number of morpholine rings is 1. The molecule has 0 aliphatic carbocycles. The summed E-state index contributed by atoms with van der Waals surface area (Å²) < 4.78 is 10.8. The molecule has 0 spiro atoms. The molecular formula is C21H22ClN3O4S. The minimum atomic E-state index is -0.401. The van der Waals surface area contributed by atoms with Gasteiger partial charge < -0.3 is 19.7 Å². The fraction of sp³-hybridized carbons (Fsp3) is 0.286. The SMILES string of the molecule is Cc1cc(Cl)ccc1OCC(=O)NC(=S)Nc1cccc(C(=O)N2CCOCC2)c1. The van der Waals surface area contributed by atoms with Gasteiger partial charge in [0.05, 0.1) is 13.2 Å². The van der Waals surface area contributed by atoms with Gasteiger partial charge >= 0.3 is 0 Å². The van der Waals surface area contributed by atoms with E-state index in [0.29, 0.717) is 48.3 Å². The molecule has 1 aliphatic heterocycles. The van der Waals surface area contributed by atoms with Crippen LogP contribution >= 0.6 is 23.8 Å². The lowest BCUT2D eigenvalue weighted by Gasteiger charge is -2.27. The van der Waals surface area contributed by atoms with Gasteiger partial charge in [-0.15, -0.1) is 0 Å². The molecule has 0 atom stereocenters. The lowest BCUT2D eigenvalue weighted by Crippen LogP contribution is -2.40. The predicted octanol–water partition coefficient (Wildman–Crippen LogP) is 3.01. The molecule has 7 nitrogen and oxygen atoms in total. The molecule has 3 rings (SSSR count). The van der Waals surface area contributed by atoms with E-state index >= 15 is 0 Å². The fourth-order valence-electron chi connectivity index (χ4n) is 2.92. The zero-order chi connectivity index (χ0) is 21.5. The first-order chi connectivity index (χ1) is 14.4. The standard InChI is InChI=1S/C21H22ClN3O4S/c1-14-11-16(22)5-6-18(14)29-13-19(26)24-21(30)23-17-4-2-3-15(12-17)20(27)25-7-9-28-10-8-25/h2-6,11-12H,7-10,13H2,1H3,(H2,23,24,26,30). The minimum absolute atomic E-state index is 0.0661. The molecule has 0 aromatic heterocycles. The van der Waals surface area contributed by atoms with Crippen molar-refractivity contribution in [2.45, 2.75) is 6.92 Å². The topological polar surface area (TPSA) is 79.9 Å². The van der Waals surface area contributed by atoms with Crippen LogP contribution < -0.4 is 15.4 Å². The number of carbonyl (C=O) groups is 2. The van der Waals surface area contributed by atoms with Crippen molar-refractivity contribution < 1.29 is 19.1 Å².